The first-order chi connectivity index (χ1) is 10.3. The summed E-state index contributed by atoms with van der Waals surface area (Å²) in [5, 5.41) is 11.0. The van der Waals surface area contributed by atoms with Crippen molar-refractivity contribution in [3.05, 3.63) is 35.5 Å². The lowest BCUT2D eigenvalue weighted by molar-refractivity contribution is -0.120. The van der Waals surface area contributed by atoms with Crippen LogP contribution in [0.25, 0.3) is 0 Å². The Morgan fingerprint density at radius 1 is 1.29 bits per heavy atom. The molecule has 0 bridgehead atoms. The number of aromatic nitrogens is 2. The maximum atomic E-state index is 12.0. The van der Waals surface area contributed by atoms with Crippen LogP contribution in [-0.2, 0) is 33.5 Å². The highest BCUT2D eigenvalue weighted by Crippen LogP contribution is 2.22. The Kier molecular flexibility index (Phi) is 4.33. The minimum absolute atomic E-state index is 0.0331. The zero-order chi connectivity index (χ0) is 14.5. The number of aryl methyl sites for hydroxylation is 1. The Hall–Kier alpha value is -2.11. The van der Waals surface area contributed by atoms with E-state index in [4.69, 9.17) is 9.47 Å². The highest BCUT2D eigenvalue weighted by molar-refractivity contribution is 5.78. The number of hydrogen-bond donors (Lipinski definition) is 1. The normalized spacial score (nSPS) is 17.0. The molecule has 1 aliphatic heterocycles. The molecule has 1 amide bonds. The van der Waals surface area contributed by atoms with Crippen molar-refractivity contribution in [1.29, 1.82) is 0 Å². The summed E-state index contributed by atoms with van der Waals surface area (Å²) in [4.78, 5) is 12.0. The second-order valence-electron chi connectivity index (χ2n) is 5.29. The lowest BCUT2D eigenvalue weighted by atomic mass is 9.91. The predicted octanol–water partition coefficient (Wildman–Crippen LogP) is 1.25. The van der Waals surface area contributed by atoms with Crippen molar-refractivity contribution >= 4 is 5.91 Å². The molecule has 6 nitrogen and oxygen atoms in total. The fourth-order valence-electron chi connectivity index (χ4n) is 2.72. The standard InChI is InChI=1S/C15H19N3O3/c19-14(16-6-5-15-20-7-8-21-15)9-13-12-4-2-1-3-11(12)10-17-18-13/h7-8,10,15H,1-6,9H2,(H,16,19). The molecular formula is C15H19N3O3. The van der Waals surface area contributed by atoms with Crippen molar-refractivity contribution < 1.29 is 14.3 Å². The van der Waals surface area contributed by atoms with Gasteiger partial charge in [0.1, 0.15) is 12.5 Å². The Morgan fingerprint density at radius 2 is 2.10 bits per heavy atom. The van der Waals surface area contributed by atoms with E-state index in [1.54, 1.807) is 0 Å². The maximum absolute atomic E-state index is 12.0. The van der Waals surface area contributed by atoms with Gasteiger partial charge in [-0.3, -0.25) is 4.79 Å². The smallest absolute Gasteiger partial charge is 0.241 e. The first-order valence-electron chi connectivity index (χ1n) is 7.38. The molecule has 112 valence electrons. The summed E-state index contributed by atoms with van der Waals surface area (Å²) in [5.41, 5.74) is 3.29. The summed E-state index contributed by atoms with van der Waals surface area (Å²) in [5.74, 6) is -0.0331. The van der Waals surface area contributed by atoms with Gasteiger partial charge < -0.3 is 14.8 Å². The number of ether oxygens (including phenoxy) is 2. The SMILES string of the molecule is O=C(Cc1nncc2c1CCCC2)NCCC1OC=CO1. The highest BCUT2D eigenvalue weighted by Gasteiger charge is 2.17. The van der Waals surface area contributed by atoms with Gasteiger partial charge in [0.25, 0.3) is 0 Å². The van der Waals surface area contributed by atoms with Crippen molar-refractivity contribution in [2.75, 3.05) is 6.54 Å². The number of nitrogens with one attached hydrogen (secondary N) is 1. The van der Waals surface area contributed by atoms with Gasteiger partial charge in [0.2, 0.25) is 12.2 Å². The summed E-state index contributed by atoms with van der Waals surface area (Å²) in [6.45, 7) is 0.521. The van der Waals surface area contributed by atoms with Gasteiger partial charge in [0, 0.05) is 13.0 Å². The third kappa shape index (κ3) is 3.51. The highest BCUT2D eigenvalue weighted by atomic mass is 16.7. The largest absolute Gasteiger partial charge is 0.459 e. The van der Waals surface area contributed by atoms with Gasteiger partial charge in [-0.2, -0.15) is 10.2 Å². The van der Waals surface area contributed by atoms with Gasteiger partial charge in [-0.1, -0.05) is 0 Å². The van der Waals surface area contributed by atoms with Crippen LogP contribution in [-0.4, -0.2) is 28.9 Å². The topological polar surface area (TPSA) is 73.3 Å². The fourth-order valence-corrected chi connectivity index (χ4v) is 2.72. The van der Waals surface area contributed by atoms with Crippen molar-refractivity contribution in [2.24, 2.45) is 0 Å². The molecule has 0 radical (unpaired) electrons. The molecule has 2 heterocycles. The molecule has 0 unspecified atom stereocenters. The van der Waals surface area contributed by atoms with E-state index >= 15 is 0 Å². The minimum Gasteiger partial charge on any atom is -0.459 e. The van der Waals surface area contributed by atoms with E-state index in [-0.39, 0.29) is 12.2 Å². The molecule has 6 heteroatoms. The molecule has 0 atom stereocenters. The first-order valence-corrected chi connectivity index (χ1v) is 7.38. The third-order valence-corrected chi connectivity index (χ3v) is 3.80. The summed E-state index contributed by atoms with van der Waals surface area (Å²) < 4.78 is 10.3. The van der Waals surface area contributed by atoms with Gasteiger partial charge in [0.05, 0.1) is 18.3 Å². The molecule has 0 saturated heterocycles. The molecule has 1 aromatic rings. The molecule has 0 fully saturated rings. The summed E-state index contributed by atoms with van der Waals surface area (Å²) >= 11 is 0. The van der Waals surface area contributed by atoms with Crippen LogP contribution in [0.15, 0.2) is 18.7 Å². The van der Waals surface area contributed by atoms with Crippen molar-refractivity contribution in [3.8, 4) is 0 Å². The average molecular weight is 289 g/mol. The third-order valence-electron chi connectivity index (χ3n) is 3.80. The Bertz CT molecular complexity index is 537. The maximum Gasteiger partial charge on any atom is 0.241 e. The molecule has 0 aromatic carbocycles. The van der Waals surface area contributed by atoms with E-state index in [1.165, 1.54) is 30.1 Å². The van der Waals surface area contributed by atoms with E-state index < -0.39 is 0 Å². The zero-order valence-corrected chi connectivity index (χ0v) is 11.9. The molecule has 0 spiro atoms. The zero-order valence-electron chi connectivity index (χ0n) is 11.9. The van der Waals surface area contributed by atoms with Crippen LogP contribution in [0.2, 0.25) is 0 Å². The lowest BCUT2D eigenvalue weighted by Gasteiger charge is -2.17. The second kappa shape index (κ2) is 6.56. The molecule has 1 N–H and O–H groups in total. The lowest BCUT2D eigenvalue weighted by Crippen LogP contribution is -2.29. The molecule has 3 rings (SSSR count). The van der Waals surface area contributed by atoms with Crippen molar-refractivity contribution in [1.82, 2.24) is 15.5 Å². The summed E-state index contributed by atoms with van der Waals surface area (Å²) in [6, 6.07) is 0. The van der Waals surface area contributed by atoms with Crippen LogP contribution in [0.3, 0.4) is 0 Å². The second-order valence-corrected chi connectivity index (χ2v) is 5.29. The molecule has 21 heavy (non-hydrogen) atoms. The molecule has 0 saturated carbocycles. The van der Waals surface area contributed by atoms with Gasteiger partial charge in [-0.15, -0.1) is 0 Å². The van der Waals surface area contributed by atoms with Crippen molar-refractivity contribution in [3.63, 3.8) is 0 Å². The quantitative estimate of drug-likeness (QED) is 0.883. The van der Waals surface area contributed by atoms with Crippen LogP contribution in [0.1, 0.15) is 36.1 Å². The van der Waals surface area contributed by atoms with Crippen LogP contribution < -0.4 is 5.32 Å². The minimum atomic E-state index is -0.283. The Labute approximate surface area is 123 Å². The van der Waals surface area contributed by atoms with E-state index in [2.05, 4.69) is 15.5 Å². The average Bonchev–Trinajstić information content (AvgIpc) is 3.01. The molecular weight excluding hydrogens is 270 g/mol. The van der Waals surface area contributed by atoms with Gasteiger partial charge >= 0.3 is 0 Å². The summed E-state index contributed by atoms with van der Waals surface area (Å²) in [6.07, 6.45) is 9.89. The molecule has 1 aliphatic carbocycles. The predicted molar refractivity (Wildman–Crippen MR) is 75.1 cm³/mol. The number of fused-ring (bicyclic) bond motifs is 1. The Morgan fingerprint density at radius 3 is 2.95 bits per heavy atom. The number of amides is 1. The van der Waals surface area contributed by atoms with E-state index in [1.807, 2.05) is 6.20 Å². The number of nitrogens with zero attached hydrogens (tertiary/aromatic N) is 2. The number of carbonyl (C=O) groups is 1. The number of hydrogen-bond acceptors (Lipinski definition) is 5. The summed E-state index contributed by atoms with van der Waals surface area (Å²) in [7, 11) is 0. The monoisotopic (exact) mass is 289 g/mol. The molecule has 2 aliphatic rings. The van der Waals surface area contributed by atoms with Gasteiger partial charge in [0.15, 0.2) is 0 Å². The molecule has 1 aromatic heterocycles. The number of rotatable bonds is 5. The van der Waals surface area contributed by atoms with E-state index in [0.717, 1.165) is 25.0 Å². The van der Waals surface area contributed by atoms with Crippen LogP contribution >= 0.6 is 0 Å². The van der Waals surface area contributed by atoms with E-state index in [0.29, 0.717) is 19.4 Å². The Balaban J connectivity index is 1.50. The van der Waals surface area contributed by atoms with Crippen LogP contribution in [0.4, 0.5) is 0 Å². The van der Waals surface area contributed by atoms with Gasteiger partial charge in [-0.25, -0.2) is 0 Å². The fraction of sp³-hybridized carbons (Fsp3) is 0.533. The number of carbonyl (C=O) groups excluding carboxylic acids is 1. The first kappa shape index (κ1) is 13.9. The van der Waals surface area contributed by atoms with Crippen LogP contribution in [0.5, 0.6) is 0 Å². The van der Waals surface area contributed by atoms with E-state index in [9.17, 15) is 4.79 Å². The van der Waals surface area contributed by atoms with Gasteiger partial charge in [-0.05, 0) is 36.8 Å². The van der Waals surface area contributed by atoms with Crippen LogP contribution in [0, 0.1) is 0 Å². The van der Waals surface area contributed by atoms with Crippen molar-refractivity contribution in [2.45, 2.75) is 44.8 Å².